The fraction of sp³-hybridized carbons (Fsp3) is 0.143. The second-order valence-electron chi connectivity index (χ2n) is 4.27. The molecule has 0 heterocycles. The first-order valence-corrected chi connectivity index (χ1v) is 6.72. The summed E-state index contributed by atoms with van der Waals surface area (Å²) in [5, 5.41) is 10.7. The number of halogens is 1. The normalized spacial score (nSPS) is 10.3. The Morgan fingerprint density at radius 2 is 1.95 bits per heavy atom. The molecular formula is C14H13BrN2O3. The lowest BCUT2D eigenvalue weighted by Gasteiger charge is -2.12. The molecular weight excluding hydrogens is 324 g/mol. The van der Waals surface area contributed by atoms with E-state index >= 15 is 0 Å². The minimum Gasteiger partial charge on any atom is -0.457 e. The van der Waals surface area contributed by atoms with Gasteiger partial charge in [0.2, 0.25) is 0 Å². The van der Waals surface area contributed by atoms with Crippen LogP contribution in [0.3, 0.4) is 0 Å². The molecule has 2 aromatic rings. The van der Waals surface area contributed by atoms with Gasteiger partial charge in [-0.25, -0.2) is 0 Å². The van der Waals surface area contributed by atoms with Gasteiger partial charge in [0.1, 0.15) is 11.5 Å². The fourth-order valence-corrected chi connectivity index (χ4v) is 2.20. The summed E-state index contributed by atoms with van der Waals surface area (Å²) in [5.74, 6) is 1.22. The molecule has 0 radical (unpaired) electrons. The van der Waals surface area contributed by atoms with Crippen LogP contribution in [0.2, 0.25) is 0 Å². The third kappa shape index (κ3) is 3.15. The number of rotatable bonds is 4. The van der Waals surface area contributed by atoms with Crippen molar-refractivity contribution in [1.82, 2.24) is 0 Å². The van der Waals surface area contributed by atoms with Gasteiger partial charge >= 0.3 is 0 Å². The van der Waals surface area contributed by atoms with Crippen molar-refractivity contribution in [2.75, 3.05) is 0 Å². The van der Waals surface area contributed by atoms with Crippen molar-refractivity contribution in [1.29, 1.82) is 0 Å². The molecule has 0 aliphatic carbocycles. The second kappa shape index (κ2) is 6.02. The van der Waals surface area contributed by atoms with Crippen LogP contribution in [0.5, 0.6) is 11.5 Å². The molecule has 0 aliphatic rings. The second-order valence-corrected chi connectivity index (χ2v) is 5.18. The number of hydrogen-bond donors (Lipinski definition) is 1. The Balaban J connectivity index is 2.33. The molecule has 0 aromatic heterocycles. The van der Waals surface area contributed by atoms with E-state index in [1.54, 1.807) is 13.0 Å². The lowest BCUT2D eigenvalue weighted by molar-refractivity contribution is -0.384. The van der Waals surface area contributed by atoms with E-state index in [1.807, 2.05) is 18.2 Å². The Morgan fingerprint density at radius 1 is 1.25 bits per heavy atom. The SMILES string of the molecule is Cc1cc([N+](=O)[O-])ccc1Oc1ccc(Br)cc1CN. The van der Waals surface area contributed by atoms with E-state index in [1.165, 1.54) is 12.1 Å². The minimum absolute atomic E-state index is 0.0460. The van der Waals surface area contributed by atoms with Crippen LogP contribution < -0.4 is 10.5 Å². The molecule has 0 atom stereocenters. The van der Waals surface area contributed by atoms with Crippen LogP contribution in [0.1, 0.15) is 11.1 Å². The number of nitrogens with zero attached hydrogens (tertiary/aromatic N) is 1. The summed E-state index contributed by atoms with van der Waals surface area (Å²) in [5.41, 5.74) is 7.29. The number of nitro groups is 1. The van der Waals surface area contributed by atoms with Crippen LogP contribution in [0, 0.1) is 17.0 Å². The molecule has 0 amide bonds. The van der Waals surface area contributed by atoms with E-state index in [0.717, 1.165) is 10.0 Å². The molecule has 6 heteroatoms. The van der Waals surface area contributed by atoms with Crippen molar-refractivity contribution in [2.24, 2.45) is 5.73 Å². The van der Waals surface area contributed by atoms with Gasteiger partial charge < -0.3 is 10.5 Å². The van der Waals surface area contributed by atoms with Gasteiger partial charge in [0, 0.05) is 28.7 Å². The number of benzene rings is 2. The molecule has 0 fully saturated rings. The third-order valence-corrected chi connectivity index (χ3v) is 3.32. The lowest BCUT2D eigenvalue weighted by Crippen LogP contribution is -2.00. The standard InChI is InChI=1S/C14H13BrN2O3/c1-9-6-12(17(18)19)3-5-13(9)20-14-4-2-11(15)7-10(14)8-16/h2-7H,8,16H2,1H3. The van der Waals surface area contributed by atoms with Crippen LogP contribution in [0.25, 0.3) is 0 Å². The van der Waals surface area contributed by atoms with E-state index in [4.69, 9.17) is 10.5 Å². The Labute approximate surface area is 124 Å². The van der Waals surface area contributed by atoms with Crippen LogP contribution in [0.15, 0.2) is 40.9 Å². The molecule has 0 unspecified atom stereocenters. The Bertz CT molecular complexity index is 659. The molecule has 2 aromatic carbocycles. The maximum atomic E-state index is 10.7. The average Bonchev–Trinajstić information content (AvgIpc) is 2.42. The summed E-state index contributed by atoms with van der Waals surface area (Å²) in [7, 11) is 0. The van der Waals surface area contributed by atoms with Gasteiger partial charge in [-0.3, -0.25) is 10.1 Å². The molecule has 2 rings (SSSR count). The van der Waals surface area contributed by atoms with Crippen LogP contribution in [-0.2, 0) is 6.54 Å². The van der Waals surface area contributed by atoms with Gasteiger partial charge in [-0.2, -0.15) is 0 Å². The number of hydrogen-bond acceptors (Lipinski definition) is 4. The van der Waals surface area contributed by atoms with Gasteiger partial charge in [0.05, 0.1) is 4.92 Å². The largest absolute Gasteiger partial charge is 0.457 e. The molecule has 0 saturated carbocycles. The quantitative estimate of drug-likeness (QED) is 0.677. The highest BCUT2D eigenvalue weighted by atomic mass is 79.9. The monoisotopic (exact) mass is 336 g/mol. The maximum Gasteiger partial charge on any atom is 0.269 e. The van der Waals surface area contributed by atoms with Gasteiger partial charge in [-0.05, 0) is 36.8 Å². The first kappa shape index (κ1) is 14.5. The summed E-state index contributed by atoms with van der Waals surface area (Å²) in [6, 6.07) is 10.0. The molecule has 2 N–H and O–H groups in total. The highest BCUT2D eigenvalue weighted by molar-refractivity contribution is 9.10. The van der Waals surface area contributed by atoms with E-state index in [0.29, 0.717) is 23.6 Å². The Morgan fingerprint density at radius 3 is 2.55 bits per heavy atom. The van der Waals surface area contributed by atoms with Crippen LogP contribution >= 0.6 is 15.9 Å². The Kier molecular flexibility index (Phi) is 4.36. The predicted octanol–water partition coefficient (Wildman–Crippen LogP) is 3.92. The van der Waals surface area contributed by atoms with E-state index in [2.05, 4.69) is 15.9 Å². The highest BCUT2D eigenvalue weighted by Gasteiger charge is 2.11. The van der Waals surface area contributed by atoms with Crippen molar-refractivity contribution in [3.8, 4) is 11.5 Å². The predicted molar refractivity (Wildman–Crippen MR) is 79.9 cm³/mol. The van der Waals surface area contributed by atoms with Gasteiger partial charge in [0.25, 0.3) is 5.69 Å². The van der Waals surface area contributed by atoms with Crippen LogP contribution in [-0.4, -0.2) is 4.92 Å². The lowest BCUT2D eigenvalue weighted by atomic mass is 10.2. The molecule has 20 heavy (non-hydrogen) atoms. The van der Waals surface area contributed by atoms with Gasteiger partial charge in [-0.1, -0.05) is 15.9 Å². The summed E-state index contributed by atoms with van der Waals surface area (Å²) in [6.45, 7) is 2.12. The first-order chi connectivity index (χ1) is 9.51. The van der Waals surface area contributed by atoms with Crippen molar-refractivity contribution in [3.05, 3.63) is 62.1 Å². The van der Waals surface area contributed by atoms with Crippen molar-refractivity contribution < 1.29 is 9.66 Å². The molecule has 0 aliphatic heterocycles. The molecule has 5 nitrogen and oxygen atoms in total. The summed E-state index contributed by atoms with van der Waals surface area (Å²) in [6.07, 6.45) is 0. The fourth-order valence-electron chi connectivity index (χ4n) is 1.79. The zero-order chi connectivity index (χ0) is 14.7. The smallest absolute Gasteiger partial charge is 0.269 e. The first-order valence-electron chi connectivity index (χ1n) is 5.92. The number of nitro benzene ring substituents is 1. The summed E-state index contributed by atoms with van der Waals surface area (Å²) >= 11 is 3.38. The molecule has 0 spiro atoms. The van der Waals surface area contributed by atoms with Gasteiger partial charge in [-0.15, -0.1) is 0 Å². The van der Waals surface area contributed by atoms with Gasteiger partial charge in [0.15, 0.2) is 0 Å². The molecule has 104 valence electrons. The number of nitrogens with two attached hydrogens (primary N) is 1. The highest BCUT2D eigenvalue weighted by Crippen LogP contribution is 2.31. The zero-order valence-corrected chi connectivity index (χ0v) is 12.4. The zero-order valence-electron chi connectivity index (χ0n) is 10.8. The topological polar surface area (TPSA) is 78.4 Å². The maximum absolute atomic E-state index is 10.7. The minimum atomic E-state index is -0.429. The van der Waals surface area contributed by atoms with Crippen LogP contribution in [0.4, 0.5) is 5.69 Å². The number of ether oxygens (including phenoxy) is 1. The molecule has 0 bridgehead atoms. The summed E-state index contributed by atoms with van der Waals surface area (Å²) < 4.78 is 6.72. The van der Waals surface area contributed by atoms with E-state index in [9.17, 15) is 10.1 Å². The third-order valence-electron chi connectivity index (χ3n) is 2.83. The average molecular weight is 337 g/mol. The summed E-state index contributed by atoms with van der Waals surface area (Å²) in [4.78, 5) is 10.3. The number of aryl methyl sites for hydroxylation is 1. The van der Waals surface area contributed by atoms with Crippen molar-refractivity contribution in [3.63, 3.8) is 0 Å². The number of non-ortho nitro benzene ring substituents is 1. The van der Waals surface area contributed by atoms with Crippen molar-refractivity contribution in [2.45, 2.75) is 13.5 Å². The Hall–Kier alpha value is -1.92. The van der Waals surface area contributed by atoms with E-state index < -0.39 is 4.92 Å². The van der Waals surface area contributed by atoms with E-state index in [-0.39, 0.29) is 5.69 Å². The van der Waals surface area contributed by atoms with Crippen molar-refractivity contribution >= 4 is 21.6 Å². The molecule has 0 saturated heterocycles.